The van der Waals surface area contributed by atoms with E-state index in [1.165, 1.54) is 5.56 Å². The van der Waals surface area contributed by atoms with Gasteiger partial charge in [0, 0.05) is 6.61 Å². The van der Waals surface area contributed by atoms with Gasteiger partial charge in [0.05, 0.1) is 24.4 Å². The van der Waals surface area contributed by atoms with Crippen LogP contribution in [0.3, 0.4) is 0 Å². The summed E-state index contributed by atoms with van der Waals surface area (Å²) < 4.78 is 11.4. The molecular formula is C15H23NO2. The van der Waals surface area contributed by atoms with Crippen molar-refractivity contribution in [3.8, 4) is 5.75 Å². The molecule has 1 fully saturated rings. The van der Waals surface area contributed by atoms with E-state index in [-0.39, 0.29) is 6.10 Å². The molecule has 1 aliphatic heterocycles. The molecule has 0 bridgehead atoms. The van der Waals surface area contributed by atoms with Crippen LogP contribution in [0.5, 0.6) is 5.75 Å². The average molecular weight is 249 g/mol. The van der Waals surface area contributed by atoms with Crippen LogP contribution in [0.4, 0.5) is 5.69 Å². The molecule has 1 aromatic rings. The quantitative estimate of drug-likeness (QED) is 0.868. The summed E-state index contributed by atoms with van der Waals surface area (Å²) in [4.78, 5) is 0. The second-order valence-corrected chi connectivity index (χ2v) is 4.96. The van der Waals surface area contributed by atoms with Gasteiger partial charge in [0.15, 0.2) is 0 Å². The molecule has 2 unspecified atom stereocenters. The first-order valence-electron chi connectivity index (χ1n) is 6.82. The smallest absolute Gasteiger partial charge is 0.142 e. The van der Waals surface area contributed by atoms with E-state index in [0.29, 0.717) is 6.04 Å². The van der Waals surface area contributed by atoms with Crippen LogP contribution in [-0.2, 0) is 4.74 Å². The number of hydrogen-bond donors (Lipinski definition) is 1. The summed E-state index contributed by atoms with van der Waals surface area (Å²) in [6, 6.07) is 6.70. The van der Waals surface area contributed by atoms with E-state index in [9.17, 15) is 0 Å². The normalized spacial score (nSPS) is 23.1. The third-order valence-corrected chi connectivity index (χ3v) is 3.32. The molecule has 3 nitrogen and oxygen atoms in total. The lowest BCUT2D eigenvalue weighted by Gasteiger charge is -2.20. The molecule has 1 saturated heterocycles. The van der Waals surface area contributed by atoms with E-state index < -0.39 is 0 Å². The molecule has 0 aromatic heterocycles. The molecule has 0 radical (unpaired) electrons. The molecule has 0 amide bonds. The van der Waals surface area contributed by atoms with Crippen LogP contribution in [0.25, 0.3) is 0 Å². The molecule has 100 valence electrons. The predicted octanol–water partition coefficient (Wildman–Crippen LogP) is 3.37. The maximum absolute atomic E-state index is 5.81. The van der Waals surface area contributed by atoms with E-state index in [4.69, 9.17) is 9.47 Å². The van der Waals surface area contributed by atoms with Gasteiger partial charge in [-0.05, 0) is 44.4 Å². The topological polar surface area (TPSA) is 30.5 Å². The summed E-state index contributed by atoms with van der Waals surface area (Å²) in [6.07, 6.45) is 2.35. The Morgan fingerprint density at radius 3 is 2.94 bits per heavy atom. The number of benzene rings is 1. The average Bonchev–Trinajstić information content (AvgIpc) is 2.75. The van der Waals surface area contributed by atoms with Crippen LogP contribution in [0.1, 0.15) is 32.3 Å². The maximum atomic E-state index is 5.81. The number of rotatable bonds is 5. The van der Waals surface area contributed by atoms with Crippen molar-refractivity contribution < 1.29 is 9.47 Å². The van der Waals surface area contributed by atoms with Crippen LogP contribution in [0.2, 0.25) is 0 Å². The molecule has 2 atom stereocenters. The highest BCUT2D eigenvalue weighted by Crippen LogP contribution is 2.29. The first-order valence-corrected chi connectivity index (χ1v) is 6.82. The van der Waals surface area contributed by atoms with E-state index >= 15 is 0 Å². The first kappa shape index (κ1) is 13.2. The molecule has 18 heavy (non-hydrogen) atoms. The van der Waals surface area contributed by atoms with Gasteiger partial charge in [0.25, 0.3) is 0 Å². The standard InChI is InChI=1S/C15H23NO2/c1-4-8-18-15-10-11(2)5-6-14(15)16-13-7-9-17-12(13)3/h5-6,10,12-13,16H,4,7-9H2,1-3H3. The maximum Gasteiger partial charge on any atom is 0.142 e. The zero-order chi connectivity index (χ0) is 13.0. The Morgan fingerprint density at radius 1 is 1.44 bits per heavy atom. The third-order valence-electron chi connectivity index (χ3n) is 3.32. The van der Waals surface area contributed by atoms with Gasteiger partial charge in [-0.15, -0.1) is 0 Å². The highest BCUT2D eigenvalue weighted by atomic mass is 16.5. The molecule has 0 saturated carbocycles. The van der Waals surface area contributed by atoms with Crippen LogP contribution in [-0.4, -0.2) is 25.4 Å². The number of nitrogens with one attached hydrogen (secondary N) is 1. The Balaban J connectivity index is 2.10. The zero-order valence-electron chi connectivity index (χ0n) is 11.5. The lowest BCUT2D eigenvalue weighted by atomic mass is 10.1. The number of hydrogen-bond acceptors (Lipinski definition) is 3. The van der Waals surface area contributed by atoms with Crippen LogP contribution in [0.15, 0.2) is 18.2 Å². The fraction of sp³-hybridized carbons (Fsp3) is 0.600. The molecule has 0 aliphatic carbocycles. The van der Waals surface area contributed by atoms with Crippen molar-refractivity contribution in [2.75, 3.05) is 18.5 Å². The summed E-state index contributed by atoms with van der Waals surface area (Å²) in [5.41, 5.74) is 2.30. The summed E-state index contributed by atoms with van der Waals surface area (Å²) in [6.45, 7) is 7.93. The van der Waals surface area contributed by atoms with Crippen molar-refractivity contribution in [1.82, 2.24) is 0 Å². The number of aryl methyl sites for hydroxylation is 1. The van der Waals surface area contributed by atoms with E-state index in [0.717, 1.165) is 37.5 Å². The largest absolute Gasteiger partial charge is 0.491 e. The molecule has 1 N–H and O–H groups in total. The second-order valence-electron chi connectivity index (χ2n) is 4.96. The van der Waals surface area contributed by atoms with Gasteiger partial charge in [0.2, 0.25) is 0 Å². The number of ether oxygens (including phenoxy) is 2. The van der Waals surface area contributed by atoms with Crippen molar-refractivity contribution >= 4 is 5.69 Å². The molecule has 1 aliphatic rings. The van der Waals surface area contributed by atoms with Gasteiger partial charge in [-0.1, -0.05) is 13.0 Å². The summed E-state index contributed by atoms with van der Waals surface area (Å²) in [5.74, 6) is 0.955. The van der Waals surface area contributed by atoms with Crippen molar-refractivity contribution in [2.24, 2.45) is 0 Å². The van der Waals surface area contributed by atoms with Gasteiger partial charge in [0.1, 0.15) is 5.75 Å². The summed E-state index contributed by atoms with van der Waals surface area (Å²) >= 11 is 0. The second kappa shape index (κ2) is 6.10. The monoisotopic (exact) mass is 249 g/mol. The molecule has 0 spiro atoms. The van der Waals surface area contributed by atoms with Crippen LogP contribution < -0.4 is 10.1 Å². The molecule has 3 heteroatoms. The third kappa shape index (κ3) is 3.16. The SMILES string of the molecule is CCCOc1cc(C)ccc1NC1CCOC1C. The molecule has 1 heterocycles. The van der Waals surface area contributed by atoms with E-state index in [2.05, 4.69) is 44.3 Å². The minimum atomic E-state index is 0.269. The fourth-order valence-electron chi connectivity index (χ4n) is 2.20. The van der Waals surface area contributed by atoms with Gasteiger partial charge < -0.3 is 14.8 Å². The minimum Gasteiger partial charge on any atom is -0.491 e. The highest BCUT2D eigenvalue weighted by Gasteiger charge is 2.24. The van der Waals surface area contributed by atoms with Crippen LogP contribution in [0, 0.1) is 6.92 Å². The number of anilines is 1. The van der Waals surface area contributed by atoms with Gasteiger partial charge in [-0.3, -0.25) is 0 Å². The Labute approximate surface area is 109 Å². The predicted molar refractivity (Wildman–Crippen MR) is 74.4 cm³/mol. The summed E-state index contributed by atoms with van der Waals surface area (Å²) in [7, 11) is 0. The van der Waals surface area contributed by atoms with Crippen LogP contribution >= 0.6 is 0 Å². The zero-order valence-corrected chi connectivity index (χ0v) is 11.5. The van der Waals surface area contributed by atoms with Crippen molar-refractivity contribution in [1.29, 1.82) is 0 Å². The van der Waals surface area contributed by atoms with Gasteiger partial charge in [-0.2, -0.15) is 0 Å². The van der Waals surface area contributed by atoms with Crippen molar-refractivity contribution in [3.63, 3.8) is 0 Å². The van der Waals surface area contributed by atoms with Gasteiger partial charge in [-0.25, -0.2) is 0 Å². The Kier molecular flexibility index (Phi) is 4.48. The van der Waals surface area contributed by atoms with Gasteiger partial charge >= 0.3 is 0 Å². The first-order chi connectivity index (χ1) is 8.70. The molecule has 2 rings (SSSR count). The van der Waals surface area contributed by atoms with E-state index in [1.807, 2.05) is 0 Å². The van der Waals surface area contributed by atoms with E-state index in [1.54, 1.807) is 0 Å². The highest BCUT2D eigenvalue weighted by molar-refractivity contribution is 5.58. The fourth-order valence-corrected chi connectivity index (χ4v) is 2.20. The Bertz CT molecular complexity index is 392. The van der Waals surface area contributed by atoms with Crippen molar-refractivity contribution in [3.05, 3.63) is 23.8 Å². The Hall–Kier alpha value is -1.22. The lowest BCUT2D eigenvalue weighted by Crippen LogP contribution is -2.26. The summed E-state index contributed by atoms with van der Waals surface area (Å²) in [5, 5.41) is 3.55. The minimum absolute atomic E-state index is 0.269. The molecule has 1 aromatic carbocycles. The molecular weight excluding hydrogens is 226 g/mol. The Morgan fingerprint density at radius 2 is 2.28 bits per heavy atom. The lowest BCUT2D eigenvalue weighted by molar-refractivity contribution is 0.121. The van der Waals surface area contributed by atoms with Crippen molar-refractivity contribution in [2.45, 2.75) is 45.8 Å².